The second-order valence-corrected chi connectivity index (χ2v) is 7.00. The molecule has 1 heterocycles. The van der Waals surface area contributed by atoms with Crippen LogP contribution in [0, 0.1) is 5.82 Å². The molecule has 0 radical (unpaired) electrons. The lowest BCUT2D eigenvalue weighted by molar-refractivity contribution is 0.190. The summed E-state index contributed by atoms with van der Waals surface area (Å²) < 4.78 is 15.2. The van der Waals surface area contributed by atoms with Crippen LogP contribution in [0.25, 0.3) is 16.5 Å². The molecule has 1 amide bonds. The molecule has 0 aliphatic heterocycles. The highest BCUT2D eigenvalue weighted by Gasteiger charge is 2.27. The number of aromatic nitrogens is 1. The van der Waals surface area contributed by atoms with Crippen LogP contribution in [0.1, 0.15) is 36.2 Å². The number of carbonyl (C=O) groups is 1. The SMILES string of the molecule is CC(NC(=O)O)c1c2c3c(ccc(O)c3c(=O)n1-c1cccc(F)c1)CCC2. The van der Waals surface area contributed by atoms with E-state index in [1.165, 1.54) is 28.8 Å². The molecule has 7 heteroatoms. The van der Waals surface area contributed by atoms with Gasteiger partial charge in [-0.15, -0.1) is 0 Å². The second kappa shape index (κ2) is 6.67. The first-order chi connectivity index (χ1) is 13.4. The fourth-order valence-electron chi connectivity index (χ4n) is 4.18. The van der Waals surface area contributed by atoms with Crippen molar-refractivity contribution in [3.63, 3.8) is 0 Å². The number of hydrogen-bond acceptors (Lipinski definition) is 3. The van der Waals surface area contributed by atoms with Crippen molar-refractivity contribution in [2.24, 2.45) is 0 Å². The van der Waals surface area contributed by atoms with Gasteiger partial charge in [-0.3, -0.25) is 9.36 Å². The van der Waals surface area contributed by atoms with Crippen LogP contribution in [0.5, 0.6) is 5.75 Å². The third-order valence-corrected chi connectivity index (χ3v) is 5.23. The van der Waals surface area contributed by atoms with Crippen molar-refractivity contribution in [3.05, 3.63) is 69.4 Å². The van der Waals surface area contributed by atoms with E-state index in [4.69, 9.17) is 0 Å². The summed E-state index contributed by atoms with van der Waals surface area (Å²) in [7, 11) is 0. The molecule has 4 rings (SSSR count). The van der Waals surface area contributed by atoms with Gasteiger partial charge in [0.25, 0.3) is 5.56 Å². The number of nitrogens with zero attached hydrogens (tertiary/aromatic N) is 1. The number of aryl methyl sites for hydroxylation is 2. The van der Waals surface area contributed by atoms with Gasteiger partial charge in [-0.05, 0) is 67.0 Å². The van der Waals surface area contributed by atoms with Gasteiger partial charge in [-0.2, -0.15) is 0 Å². The third-order valence-electron chi connectivity index (χ3n) is 5.23. The first-order valence-electron chi connectivity index (χ1n) is 9.06. The van der Waals surface area contributed by atoms with Gasteiger partial charge in [0.05, 0.1) is 22.8 Å². The summed E-state index contributed by atoms with van der Waals surface area (Å²) in [6, 6.07) is 8.16. The first-order valence-corrected chi connectivity index (χ1v) is 9.06. The zero-order valence-corrected chi connectivity index (χ0v) is 15.2. The molecule has 1 aromatic heterocycles. The van der Waals surface area contributed by atoms with Crippen molar-refractivity contribution in [2.75, 3.05) is 0 Å². The number of pyridine rings is 1. The molecule has 144 valence electrons. The minimum atomic E-state index is -1.22. The molecular weight excluding hydrogens is 363 g/mol. The molecule has 0 fully saturated rings. The number of phenolic OH excluding ortho intramolecular Hbond substituents is 1. The number of rotatable bonds is 3. The molecule has 0 saturated carbocycles. The van der Waals surface area contributed by atoms with E-state index in [0.717, 1.165) is 24.0 Å². The Bertz CT molecular complexity index is 1170. The van der Waals surface area contributed by atoms with E-state index in [1.807, 2.05) is 0 Å². The van der Waals surface area contributed by atoms with Crippen molar-refractivity contribution in [2.45, 2.75) is 32.2 Å². The van der Waals surface area contributed by atoms with Gasteiger partial charge in [0.15, 0.2) is 0 Å². The maximum atomic E-state index is 13.9. The van der Waals surface area contributed by atoms with E-state index in [9.17, 15) is 24.2 Å². The topological polar surface area (TPSA) is 91.6 Å². The Balaban J connectivity index is 2.18. The molecule has 0 spiro atoms. The van der Waals surface area contributed by atoms with Crippen molar-refractivity contribution < 1.29 is 19.4 Å². The van der Waals surface area contributed by atoms with Crippen molar-refractivity contribution in [1.82, 2.24) is 9.88 Å². The van der Waals surface area contributed by atoms with Crippen molar-refractivity contribution >= 4 is 16.9 Å². The molecule has 3 N–H and O–H groups in total. The molecule has 6 nitrogen and oxygen atoms in total. The zero-order chi connectivity index (χ0) is 20.0. The van der Waals surface area contributed by atoms with Crippen LogP contribution in [0.3, 0.4) is 0 Å². The summed E-state index contributed by atoms with van der Waals surface area (Å²) in [6.07, 6.45) is 1.02. The molecule has 3 aromatic rings. The lowest BCUT2D eigenvalue weighted by Crippen LogP contribution is -2.33. The maximum absolute atomic E-state index is 13.9. The van der Waals surface area contributed by atoms with Gasteiger partial charge in [-0.25, -0.2) is 9.18 Å². The highest BCUT2D eigenvalue weighted by Crippen LogP contribution is 2.37. The highest BCUT2D eigenvalue weighted by molar-refractivity contribution is 5.94. The number of hydrogen-bond donors (Lipinski definition) is 3. The van der Waals surface area contributed by atoms with Gasteiger partial charge in [0.1, 0.15) is 11.6 Å². The lowest BCUT2D eigenvalue weighted by atomic mass is 9.86. The van der Waals surface area contributed by atoms with E-state index in [2.05, 4.69) is 5.32 Å². The molecule has 2 aromatic carbocycles. The van der Waals surface area contributed by atoms with E-state index in [-0.39, 0.29) is 16.8 Å². The average Bonchev–Trinajstić information content (AvgIpc) is 2.64. The molecule has 1 atom stereocenters. The fourth-order valence-corrected chi connectivity index (χ4v) is 4.18. The molecule has 28 heavy (non-hydrogen) atoms. The van der Waals surface area contributed by atoms with Crippen LogP contribution >= 0.6 is 0 Å². The van der Waals surface area contributed by atoms with E-state index < -0.39 is 23.5 Å². The monoisotopic (exact) mass is 382 g/mol. The summed E-state index contributed by atoms with van der Waals surface area (Å²) in [5.41, 5.74) is 2.00. The Morgan fingerprint density at radius 2 is 2.00 bits per heavy atom. The van der Waals surface area contributed by atoms with Gasteiger partial charge in [-0.1, -0.05) is 12.1 Å². The predicted octanol–water partition coefficient (Wildman–Crippen LogP) is 3.65. The number of aromatic hydroxyl groups is 1. The van der Waals surface area contributed by atoms with Gasteiger partial charge in [0.2, 0.25) is 0 Å². The number of phenols is 1. The molecule has 1 aliphatic carbocycles. The molecular formula is C21H19FN2O4. The number of benzene rings is 2. The van der Waals surface area contributed by atoms with Gasteiger partial charge >= 0.3 is 6.09 Å². The minimum absolute atomic E-state index is 0.137. The van der Waals surface area contributed by atoms with Crippen LogP contribution in [0.2, 0.25) is 0 Å². The third kappa shape index (κ3) is 2.79. The summed E-state index contributed by atoms with van der Waals surface area (Å²) in [4.78, 5) is 24.7. The first kappa shape index (κ1) is 18.0. The molecule has 1 aliphatic rings. The average molecular weight is 382 g/mol. The van der Waals surface area contributed by atoms with Crippen LogP contribution in [-0.4, -0.2) is 20.9 Å². The quantitative estimate of drug-likeness (QED) is 0.645. The Hall–Kier alpha value is -3.35. The lowest BCUT2D eigenvalue weighted by Gasteiger charge is -2.27. The van der Waals surface area contributed by atoms with E-state index in [1.54, 1.807) is 19.1 Å². The predicted molar refractivity (Wildman–Crippen MR) is 103 cm³/mol. The standard InChI is InChI=1S/C21H19FN2O4/c1-11(23-21(27)28)19-15-7-2-4-12-8-9-16(25)18(17(12)15)20(26)24(19)14-6-3-5-13(22)10-14/h3,5-6,8-11,23,25H,2,4,7H2,1H3,(H,27,28). The van der Waals surface area contributed by atoms with Gasteiger partial charge < -0.3 is 15.5 Å². The fraction of sp³-hybridized carbons (Fsp3) is 0.238. The van der Waals surface area contributed by atoms with Crippen molar-refractivity contribution in [3.8, 4) is 11.4 Å². The summed E-state index contributed by atoms with van der Waals surface area (Å²) >= 11 is 0. The highest BCUT2D eigenvalue weighted by atomic mass is 19.1. The van der Waals surface area contributed by atoms with Crippen LogP contribution < -0.4 is 10.9 Å². The Labute approximate surface area is 159 Å². The van der Waals surface area contributed by atoms with E-state index >= 15 is 0 Å². The molecule has 1 unspecified atom stereocenters. The van der Waals surface area contributed by atoms with Crippen LogP contribution in [-0.2, 0) is 12.8 Å². The zero-order valence-electron chi connectivity index (χ0n) is 15.2. The second-order valence-electron chi connectivity index (χ2n) is 7.00. The summed E-state index contributed by atoms with van der Waals surface area (Å²) in [5.74, 6) is -0.650. The van der Waals surface area contributed by atoms with Crippen LogP contribution in [0.4, 0.5) is 9.18 Å². The maximum Gasteiger partial charge on any atom is 0.405 e. The Morgan fingerprint density at radius 3 is 2.71 bits per heavy atom. The largest absolute Gasteiger partial charge is 0.507 e. The van der Waals surface area contributed by atoms with Gasteiger partial charge in [0, 0.05) is 0 Å². The summed E-state index contributed by atoms with van der Waals surface area (Å²) in [6.45, 7) is 1.65. The molecule has 0 bridgehead atoms. The van der Waals surface area contributed by atoms with E-state index in [0.29, 0.717) is 17.5 Å². The number of nitrogens with one attached hydrogen (secondary N) is 1. The number of carboxylic acid groups (broad SMARTS) is 1. The molecule has 0 saturated heterocycles. The van der Waals surface area contributed by atoms with Crippen LogP contribution in [0.15, 0.2) is 41.2 Å². The Kier molecular flexibility index (Phi) is 4.30. The van der Waals surface area contributed by atoms with Crippen molar-refractivity contribution in [1.29, 1.82) is 0 Å². The Morgan fingerprint density at radius 1 is 1.21 bits per heavy atom. The minimum Gasteiger partial charge on any atom is -0.507 e. The number of amides is 1. The normalized spacial score (nSPS) is 14.1. The number of halogens is 1. The smallest absolute Gasteiger partial charge is 0.405 e. The summed E-state index contributed by atoms with van der Waals surface area (Å²) in [5, 5.41) is 22.9.